The molecule has 0 aliphatic heterocycles. The zero-order chi connectivity index (χ0) is 8.08. The van der Waals surface area contributed by atoms with E-state index < -0.39 is 21.8 Å². The molecule has 0 saturated carbocycles. The van der Waals surface area contributed by atoms with Gasteiger partial charge in [-0.15, -0.1) is 11.4 Å². The van der Waals surface area contributed by atoms with Crippen LogP contribution in [0.2, 0.25) is 0 Å². The van der Waals surface area contributed by atoms with Crippen molar-refractivity contribution in [3.05, 3.63) is 0 Å². The van der Waals surface area contributed by atoms with Gasteiger partial charge in [0.25, 0.3) is 0 Å². The minimum Gasteiger partial charge on any atom is -0.784 e. The number of hydrogen-bond donors (Lipinski definition) is 0. The van der Waals surface area contributed by atoms with Crippen molar-refractivity contribution in [2.24, 2.45) is 0 Å². The topological polar surface area (TPSA) is 143 Å². The van der Waals surface area contributed by atoms with Crippen LogP contribution in [0.4, 0.5) is 0 Å². The van der Waals surface area contributed by atoms with Crippen molar-refractivity contribution in [1.29, 1.82) is 0 Å². The molecule has 0 radical (unpaired) electrons. The molecule has 13 heavy (non-hydrogen) atoms. The van der Waals surface area contributed by atoms with Crippen molar-refractivity contribution in [2.45, 2.75) is 0 Å². The van der Waals surface area contributed by atoms with Crippen LogP contribution in [0, 0.1) is 0 Å². The SMILES string of the molecule is O=S(=O)([O-])[O-].O=S([O-])[O-].[Na+].[Na+].[Na+].[Na+]. The summed E-state index contributed by atoms with van der Waals surface area (Å²) in [5, 5.41) is 0. The van der Waals surface area contributed by atoms with Gasteiger partial charge in [-0.3, -0.25) is 12.6 Å². The molecule has 13 heteroatoms. The average Bonchev–Trinajstić information content (AvgIpc) is 1.19. The maximum absolute atomic E-state index is 8.52. The summed E-state index contributed by atoms with van der Waals surface area (Å²) in [6, 6.07) is 0. The Labute approximate surface area is 167 Å². The molecule has 0 saturated heterocycles. The Morgan fingerprint density at radius 3 is 0.846 bits per heavy atom. The molecular formula is Na4O7S2. The Morgan fingerprint density at radius 2 is 0.846 bits per heavy atom. The molecule has 0 spiro atoms. The van der Waals surface area contributed by atoms with Crippen LogP contribution in [0.3, 0.4) is 0 Å². The number of rotatable bonds is 0. The Kier molecular flexibility index (Phi) is 58.8. The summed E-state index contributed by atoms with van der Waals surface area (Å²) < 4.78 is 59.4. The second-order valence-corrected chi connectivity index (χ2v) is 1.84. The van der Waals surface area contributed by atoms with Crippen molar-refractivity contribution in [3.63, 3.8) is 0 Å². The van der Waals surface area contributed by atoms with E-state index in [1.165, 1.54) is 0 Å². The molecular weight excluding hydrogens is 268 g/mol. The molecule has 0 aliphatic carbocycles. The normalized spacial score (nSPS) is 7.15. The standard InChI is InChI=1S/4Na.H2O4S.H2O3S/c;;;;1-5(2,3)4;1-4(2)3/h;;;;(H2,1,2,3,4);(H2,1,2,3)/q4*+1;;/p-4. The van der Waals surface area contributed by atoms with Gasteiger partial charge in [0.05, 0.1) is 0 Å². The Morgan fingerprint density at radius 1 is 0.846 bits per heavy atom. The van der Waals surface area contributed by atoms with Crippen LogP contribution in [-0.2, 0) is 21.8 Å². The van der Waals surface area contributed by atoms with Crippen LogP contribution in [0.25, 0.3) is 0 Å². The fourth-order valence-electron chi connectivity index (χ4n) is 0. The fourth-order valence-corrected chi connectivity index (χ4v) is 0. The monoisotopic (exact) mass is 268 g/mol. The number of hydrogen-bond acceptors (Lipinski definition) is 7. The van der Waals surface area contributed by atoms with Gasteiger partial charge in [0, 0.05) is 10.4 Å². The van der Waals surface area contributed by atoms with Gasteiger partial charge in [-0.1, -0.05) is 0 Å². The van der Waals surface area contributed by atoms with E-state index in [1.807, 2.05) is 0 Å². The van der Waals surface area contributed by atoms with Gasteiger partial charge in [-0.25, -0.2) is 0 Å². The predicted molar refractivity (Wildman–Crippen MR) is 20.2 cm³/mol. The van der Waals surface area contributed by atoms with Crippen molar-refractivity contribution in [2.75, 3.05) is 0 Å². The van der Waals surface area contributed by atoms with E-state index in [4.69, 9.17) is 30.8 Å². The third-order valence-corrected chi connectivity index (χ3v) is 0. The largest absolute Gasteiger partial charge is 1.00 e. The zero-order valence-corrected chi connectivity index (χ0v) is 17.3. The summed E-state index contributed by atoms with van der Waals surface area (Å²) in [6.45, 7) is 0. The van der Waals surface area contributed by atoms with E-state index in [2.05, 4.69) is 0 Å². The molecule has 0 fully saturated rings. The molecule has 0 bridgehead atoms. The third-order valence-electron chi connectivity index (χ3n) is 0. The van der Waals surface area contributed by atoms with E-state index in [9.17, 15) is 0 Å². The van der Waals surface area contributed by atoms with E-state index in [0.717, 1.165) is 0 Å². The molecule has 7 nitrogen and oxygen atoms in total. The Bertz CT molecular complexity index is 161. The minimum atomic E-state index is -5.17. The molecule has 0 atom stereocenters. The van der Waals surface area contributed by atoms with Gasteiger partial charge < -0.3 is 18.2 Å². The van der Waals surface area contributed by atoms with Crippen LogP contribution >= 0.6 is 0 Å². The molecule has 0 unspecified atom stereocenters. The molecule has 0 N–H and O–H groups in total. The van der Waals surface area contributed by atoms with E-state index in [0.29, 0.717) is 0 Å². The van der Waals surface area contributed by atoms with Crippen molar-refractivity contribution >= 4 is 21.8 Å². The Hall–Kier alpha value is 3.94. The van der Waals surface area contributed by atoms with Crippen LogP contribution in [0.5, 0.6) is 0 Å². The molecule has 0 aromatic carbocycles. The molecule has 0 aromatic rings. The molecule has 58 valence electrons. The van der Waals surface area contributed by atoms with Crippen LogP contribution in [0.1, 0.15) is 0 Å². The zero-order valence-electron chi connectivity index (χ0n) is 7.67. The minimum absolute atomic E-state index is 0. The van der Waals surface area contributed by atoms with E-state index in [-0.39, 0.29) is 118 Å². The average molecular weight is 268 g/mol. The third kappa shape index (κ3) is 200. The van der Waals surface area contributed by atoms with E-state index >= 15 is 0 Å². The first-order valence-electron chi connectivity index (χ1n) is 1.17. The van der Waals surface area contributed by atoms with Crippen molar-refractivity contribution in [1.82, 2.24) is 0 Å². The maximum Gasteiger partial charge on any atom is 1.00 e. The first kappa shape index (κ1) is 36.0. The van der Waals surface area contributed by atoms with Gasteiger partial charge in [-0.2, -0.15) is 0 Å². The first-order valence-corrected chi connectivity index (χ1v) is 3.50. The summed E-state index contributed by atoms with van der Waals surface area (Å²) in [7, 11) is -5.17. The van der Waals surface area contributed by atoms with Crippen LogP contribution < -0.4 is 118 Å². The summed E-state index contributed by atoms with van der Waals surface area (Å²) in [6.07, 6.45) is 0. The van der Waals surface area contributed by atoms with Gasteiger partial charge in [0.1, 0.15) is 0 Å². The maximum atomic E-state index is 8.52. The summed E-state index contributed by atoms with van der Waals surface area (Å²) >= 11 is -3.11. The molecule has 0 aromatic heterocycles. The quantitative estimate of drug-likeness (QED) is 0.183. The predicted octanol–water partition coefficient (Wildman–Crippen LogP) is -14.3. The smallest absolute Gasteiger partial charge is 0.784 e. The van der Waals surface area contributed by atoms with E-state index in [1.54, 1.807) is 0 Å². The van der Waals surface area contributed by atoms with Gasteiger partial charge in [-0.05, 0) is 0 Å². The van der Waals surface area contributed by atoms with Gasteiger partial charge in [0.15, 0.2) is 0 Å². The summed E-state index contributed by atoms with van der Waals surface area (Å²) in [4.78, 5) is 0. The summed E-state index contributed by atoms with van der Waals surface area (Å²) in [5.74, 6) is 0. The van der Waals surface area contributed by atoms with Crippen molar-refractivity contribution in [3.8, 4) is 0 Å². The molecule has 0 aliphatic rings. The second kappa shape index (κ2) is 21.2. The molecule has 0 rings (SSSR count). The van der Waals surface area contributed by atoms with Gasteiger partial charge >= 0.3 is 118 Å². The Balaban J connectivity index is -0.0000000146. The van der Waals surface area contributed by atoms with Crippen LogP contribution in [0.15, 0.2) is 0 Å². The van der Waals surface area contributed by atoms with Crippen molar-refractivity contribution < 1.29 is 149 Å². The first-order chi connectivity index (χ1) is 3.73. The fraction of sp³-hybridized carbons (Fsp3) is 0. The summed E-state index contributed by atoms with van der Waals surface area (Å²) in [5.41, 5.74) is 0. The molecule has 0 amide bonds. The molecule has 0 heterocycles. The second-order valence-electron chi connectivity index (χ2n) is 0.612. The van der Waals surface area contributed by atoms with Crippen LogP contribution in [-0.4, -0.2) is 30.8 Å². The van der Waals surface area contributed by atoms with Gasteiger partial charge in [0.2, 0.25) is 0 Å².